The Bertz CT molecular complexity index is 151. The Morgan fingerprint density at radius 2 is 2.36 bits per heavy atom. The molecule has 1 rings (SSSR count). The summed E-state index contributed by atoms with van der Waals surface area (Å²) in [7, 11) is 1.41. The van der Waals surface area contributed by atoms with Gasteiger partial charge in [-0.2, -0.15) is 0 Å². The second-order valence-electron chi connectivity index (χ2n) is 2.78. The molecule has 3 nitrogen and oxygen atoms in total. The third-order valence-corrected chi connectivity index (χ3v) is 2.44. The Morgan fingerprint density at radius 3 is 2.91 bits per heavy atom. The van der Waals surface area contributed by atoms with Crippen LogP contribution < -0.4 is 4.84 Å². The molecule has 0 unspecified atom stereocenters. The van der Waals surface area contributed by atoms with E-state index in [4.69, 9.17) is 11.8 Å². The van der Waals surface area contributed by atoms with Gasteiger partial charge in [-0.3, -0.25) is 4.79 Å². The maximum atomic E-state index is 11.1. The second-order valence-corrected chi connectivity index (χ2v) is 2.99. The van der Waals surface area contributed by atoms with E-state index in [0.29, 0.717) is 0 Å². The first kappa shape index (κ1) is 8.81. The van der Waals surface area contributed by atoms with Gasteiger partial charge < -0.3 is 4.74 Å². The molecule has 1 saturated carbocycles. The molecule has 64 valence electrons. The van der Waals surface area contributed by atoms with Gasteiger partial charge in [-0.15, -0.1) is 0 Å². The predicted octanol–water partition coefficient (Wildman–Crippen LogP) is 1.07. The summed E-state index contributed by atoms with van der Waals surface area (Å²) < 4.78 is 4.63. The molecule has 0 radical (unpaired) electrons. The average molecular weight is 178 g/mol. The van der Waals surface area contributed by atoms with Gasteiger partial charge in [-0.05, 0) is 24.6 Å². The lowest BCUT2D eigenvalue weighted by molar-refractivity contribution is -0.145. The van der Waals surface area contributed by atoms with Crippen molar-refractivity contribution in [2.75, 3.05) is 7.11 Å². The van der Waals surface area contributed by atoms with Crippen molar-refractivity contribution in [3.8, 4) is 0 Å². The van der Waals surface area contributed by atoms with E-state index in [0.717, 1.165) is 19.3 Å². The van der Waals surface area contributed by atoms with Crippen molar-refractivity contribution < 1.29 is 9.53 Å². The van der Waals surface area contributed by atoms with E-state index in [1.807, 2.05) is 0 Å². The summed E-state index contributed by atoms with van der Waals surface area (Å²) in [4.78, 5) is 13.7. The van der Waals surface area contributed by atoms with Crippen LogP contribution in [0, 0.1) is 5.92 Å². The van der Waals surface area contributed by atoms with Crippen molar-refractivity contribution in [2.24, 2.45) is 5.92 Å². The molecule has 1 N–H and O–H groups in total. The first-order valence-corrected chi connectivity index (χ1v) is 4.11. The first-order valence-electron chi connectivity index (χ1n) is 3.73. The van der Waals surface area contributed by atoms with Crippen LogP contribution in [-0.2, 0) is 9.53 Å². The molecule has 11 heavy (non-hydrogen) atoms. The Labute approximate surface area is 71.2 Å². The third kappa shape index (κ3) is 1.84. The molecule has 0 saturated heterocycles. The Hall–Kier alpha value is -0.280. The predicted molar refractivity (Wildman–Crippen MR) is 42.1 cm³/mol. The van der Waals surface area contributed by atoms with Crippen LogP contribution in [0.3, 0.4) is 0 Å². The average Bonchev–Trinajstić information content (AvgIpc) is 2.50. The molecule has 1 aliphatic rings. The maximum absolute atomic E-state index is 11.1. The molecule has 0 aromatic heterocycles. The van der Waals surface area contributed by atoms with E-state index in [1.54, 1.807) is 0 Å². The minimum atomic E-state index is -0.152. The summed E-state index contributed by atoms with van der Waals surface area (Å²) in [6, 6.07) is 0.101. The molecule has 0 aromatic rings. The van der Waals surface area contributed by atoms with Crippen LogP contribution in [0.15, 0.2) is 0 Å². The number of hydrogen-bond acceptors (Lipinski definition) is 3. The van der Waals surface area contributed by atoms with Crippen LogP contribution >= 0.6 is 11.8 Å². The number of ether oxygens (including phenoxy) is 1. The molecule has 0 heterocycles. The Balaban J connectivity index is 2.49. The number of esters is 1. The van der Waals surface area contributed by atoms with Crippen molar-refractivity contribution >= 4 is 17.7 Å². The molecule has 1 aliphatic carbocycles. The highest BCUT2D eigenvalue weighted by molar-refractivity contribution is 6.13. The summed E-state index contributed by atoms with van der Waals surface area (Å²) in [6.45, 7) is 0. The normalized spacial score (nSPS) is 30.4. The smallest absolute Gasteiger partial charge is 0.310 e. The lowest BCUT2D eigenvalue weighted by Gasteiger charge is -2.14. The lowest BCUT2D eigenvalue weighted by Crippen LogP contribution is -2.31. The highest BCUT2D eigenvalue weighted by Gasteiger charge is 2.33. The first-order chi connectivity index (χ1) is 5.29. The van der Waals surface area contributed by atoms with Crippen LogP contribution in [0.5, 0.6) is 0 Å². The molecule has 4 heteroatoms. The van der Waals surface area contributed by atoms with Crippen LogP contribution in [0.25, 0.3) is 0 Å². The van der Waals surface area contributed by atoms with Crippen molar-refractivity contribution in [1.29, 1.82) is 0 Å². The molecule has 0 spiro atoms. The van der Waals surface area contributed by atoms with Crippen LogP contribution in [0.1, 0.15) is 19.3 Å². The number of halogens is 1. The number of carbonyl (C=O) groups is 1. The van der Waals surface area contributed by atoms with E-state index < -0.39 is 0 Å². The highest BCUT2D eigenvalue weighted by Crippen LogP contribution is 2.26. The standard InChI is InChI=1S/C7H12ClNO2/c1-11-7(10)5-3-2-4-6(5)9-8/h5-6,9H,2-4H2,1H3/t5-,6+/m1/s1. The van der Waals surface area contributed by atoms with Crippen molar-refractivity contribution in [3.05, 3.63) is 0 Å². The fourth-order valence-electron chi connectivity index (χ4n) is 1.52. The van der Waals surface area contributed by atoms with Crippen molar-refractivity contribution in [2.45, 2.75) is 25.3 Å². The molecule has 0 aliphatic heterocycles. The van der Waals surface area contributed by atoms with Crippen LogP contribution in [0.4, 0.5) is 0 Å². The molecule has 1 fully saturated rings. The number of hydrogen-bond donors (Lipinski definition) is 1. The Kier molecular flexibility index (Phi) is 3.15. The van der Waals surface area contributed by atoms with Gasteiger partial charge in [0.25, 0.3) is 0 Å². The lowest BCUT2D eigenvalue weighted by atomic mass is 10.1. The SMILES string of the molecule is COC(=O)[C@@H]1CCC[C@@H]1NCl. The number of carbonyl (C=O) groups excluding carboxylic acids is 1. The minimum Gasteiger partial charge on any atom is -0.469 e. The summed E-state index contributed by atoms with van der Waals surface area (Å²) in [5.74, 6) is -0.196. The van der Waals surface area contributed by atoms with Gasteiger partial charge in [0.2, 0.25) is 0 Å². The number of nitrogens with one attached hydrogen (secondary N) is 1. The van der Waals surface area contributed by atoms with Crippen LogP contribution in [0.2, 0.25) is 0 Å². The van der Waals surface area contributed by atoms with E-state index in [-0.39, 0.29) is 17.9 Å². The molecule has 2 atom stereocenters. The van der Waals surface area contributed by atoms with Gasteiger partial charge in [0.15, 0.2) is 0 Å². The van der Waals surface area contributed by atoms with Gasteiger partial charge >= 0.3 is 5.97 Å². The van der Waals surface area contributed by atoms with Crippen LogP contribution in [-0.4, -0.2) is 19.1 Å². The number of methoxy groups -OCH3 is 1. The molecule has 0 bridgehead atoms. The minimum absolute atomic E-state index is 0.0440. The maximum Gasteiger partial charge on any atom is 0.310 e. The summed E-state index contributed by atoms with van der Waals surface area (Å²) >= 11 is 5.45. The van der Waals surface area contributed by atoms with E-state index >= 15 is 0 Å². The summed E-state index contributed by atoms with van der Waals surface area (Å²) in [5, 5.41) is 0. The van der Waals surface area contributed by atoms with Gasteiger partial charge in [-0.25, -0.2) is 4.84 Å². The molecule has 0 amide bonds. The van der Waals surface area contributed by atoms with Gasteiger partial charge in [0, 0.05) is 6.04 Å². The van der Waals surface area contributed by atoms with Gasteiger partial charge in [0.1, 0.15) is 0 Å². The van der Waals surface area contributed by atoms with Crippen molar-refractivity contribution in [3.63, 3.8) is 0 Å². The van der Waals surface area contributed by atoms with E-state index in [1.165, 1.54) is 7.11 Å². The second kappa shape index (κ2) is 3.93. The van der Waals surface area contributed by atoms with Gasteiger partial charge in [-0.1, -0.05) is 6.42 Å². The third-order valence-electron chi connectivity index (χ3n) is 2.16. The Morgan fingerprint density at radius 1 is 1.64 bits per heavy atom. The fraction of sp³-hybridized carbons (Fsp3) is 0.857. The van der Waals surface area contributed by atoms with Gasteiger partial charge in [0.05, 0.1) is 13.0 Å². The quantitative estimate of drug-likeness (QED) is 0.507. The van der Waals surface area contributed by atoms with E-state index in [2.05, 4.69) is 9.57 Å². The topological polar surface area (TPSA) is 38.3 Å². The van der Waals surface area contributed by atoms with E-state index in [9.17, 15) is 4.79 Å². The summed E-state index contributed by atoms with van der Waals surface area (Å²) in [5.41, 5.74) is 0. The highest BCUT2D eigenvalue weighted by atomic mass is 35.5. The summed E-state index contributed by atoms with van der Waals surface area (Å²) in [6.07, 6.45) is 2.89. The monoisotopic (exact) mass is 177 g/mol. The zero-order chi connectivity index (χ0) is 8.27. The van der Waals surface area contributed by atoms with Crippen molar-refractivity contribution in [1.82, 2.24) is 4.84 Å². The zero-order valence-corrected chi connectivity index (χ0v) is 7.23. The largest absolute Gasteiger partial charge is 0.469 e. The zero-order valence-electron chi connectivity index (χ0n) is 6.47. The molecular formula is C7H12ClNO2. The molecule has 0 aromatic carbocycles. The fourth-order valence-corrected chi connectivity index (χ4v) is 1.79. The number of rotatable bonds is 2. The molecular weight excluding hydrogens is 166 g/mol.